The molecule has 0 unspecified atom stereocenters. The van der Waals surface area contributed by atoms with E-state index in [1.165, 1.54) is 4.57 Å². The Morgan fingerprint density at radius 3 is 2.88 bits per heavy atom. The lowest BCUT2D eigenvalue weighted by Gasteiger charge is -2.05. The number of thiazole rings is 1. The first kappa shape index (κ1) is 12.1. The molecule has 1 aromatic carbocycles. The van der Waals surface area contributed by atoms with Gasteiger partial charge in [-0.05, 0) is 12.1 Å². The van der Waals surface area contributed by atoms with Crippen LogP contribution in [0.5, 0.6) is 0 Å². The number of hydrogen-bond donors (Lipinski definition) is 1. The molecule has 2 aromatic rings. The van der Waals surface area contributed by atoms with Crippen molar-refractivity contribution in [3.05, 3.63) is 43.8 Å². The summed E-state index contributed by atoms with van der Waals surface area (Å²) < 4.78 is 2.14. The number of carbonyl (C=O) groups is 1. The summed E-state index contributed by atoms with van der Waals surface area (Å²) in [6, 6.07) is 7.40. The highest BCUT2D eigenvalue weighted by molar-refractivity contribution is 9.10. The number of rotatable bonds is 3. The van der Waals surface area contributed by atoms with Gasteiger partial charge in [-0.2, -0.15) is 0 Å². The number of aromatic nitrogens is 1. The van der Waals surface area contributed by atoms with E-state index in [-0.39, 0.29) is 11.4 Å². The summed E-state index contributed by atoms with van der Waals surface area (Å²) in [4.78, 5) is 22.0. The van der Waals surface area contributed by atoms with Gasteiger partial charge < -0.3 is 5.11 Å². The molecule has 2 rings (SSSR count). The van der Waals surface area contributed by atoms with E-state index >= 15 is 0 Å². The van der Waals surface area contributed by atoms with Crippen LogP contribution in [0.1, 0.15) is 0 Å². The first-order chi connectivity index (χ1) is 8.08. The molecule has 0 saturated heterocycles. The summed E-state index contributed by atoms with van der Waals surface area (Å²) in [5.74, 6) is -1.03. The SMILES string of the molecule is O=C(O)Cn1c(-c2cccc(Br)c2)csc1=O. The average Bonchev–Trinajstić information content (AvgIpc) is 2.60. The molecule has 1 aromatic heterocycles. The van der Waals surface area contributed by atoms with Crippen molar-refractivity contribution in [1.29, 1.82) is 0 Å². The Morgan fingerprint density at radius 2 is 2.24 bits per heavy atom. The van der Waals surface area contributed by atoms with E-state index in [1.54, 1.807) is 5.38 Å². The van der Waals surface area contributed by atoms with Gasteiger partial charge in [-0.3, -0.25) is 14.2 Å². The molecule has 0 spiro atoms. The molecular weight excluding hydrogens is 306 g/mol. The van der Waals surface area contributed by atoms with Crippen molar-refractivity contribution in [1.82, 2.24) is 4.57 Å². The Morgan fingerprint density at radius 1 is 1.47 bits per heavy atom. The van der Waals surface area contributed by atoms with Crippen LogP contribution in [0.25, 0.3) is 11.3 Å². The molecule has 0 aliphatic rings. The van der Waals surface area contributed by atoms with Gasteiger partial charge in [-0.15, -0.1) is 0 Å². The largest absolute Gasteiger partial charge is 0.480 e. The van der Waals surface area contributed by atoms with E-state index in [1.807, 2.05) is 24.3 Å². The Bertz CT molecular complexity index is 617. The zero-order valence-corrected chi connectivity index (χ0v) is 11.0. The first-order valence-corrected chi connectivity index (χ1v) is 6.41. The van der Waals surface area contributed by atoms with E-state index in [4.69, 9.17) is 5.11 Å². The Balaban J connectivity index is 2.52. The smallest absolute Gasteiger partial charge is 0.323 e. The lowest BCUT2D eigenvalue weighted by Crippen LogP contribution is -2.19. The summed E-state index contributed by atoms with van der Waals surface area (Å²) >= 11 is 4.34. The van der Waals surface area contributed by atoms with Gasteiger partial charge in [0.2, 0.25) is 0 Å². The zero-order chi connectivity index (χ0) is 12.4. The molecule has 0 fully saturated rings. The summed E-state index contributed by atoms with van der Waals surface area (Å²) in [5.41, 5.74) is 1.45. The molecule has 88 valence electrons. The van der Waals surface area contributed by atoms with Crippen molar-refractivity contribution in [2.75, 3.05) is 0 Å². The molecule has 0 aliphatic heterocycles. The van der Waals surface area contributed by atoms with Crippen LogP contribution >= 0.6 is 27.3 Å². The van der Waals surface area contributed by atoms with Crippen LogP contribution in [0, 0.1) is 0 Å². The highest BCUT2D eigenvalue weighted by Crippen LogP contribution is 2.23. The third-order valence-corrected chi connectivity index (χ3v) is 3.45. The molecule has 0 saturated carbocycles. The van der Waals surface area contributed by atoms with Gasteiger partial charge >= 0.3 is 10.8 Å². The first-order valence-electron chi connectivity index (χ1n) is 4.74. The number of hydrogen-bond acceptors (Lipinski definition) is 3. The van der Waals surface area contributed by atoms with Crippen molar-refractivity contribution < 1.29 is 9.90 Å². The summed E-state index contributed by atoms with van der Waals surface area (Å²) in [6.45, 7) is -0.315. The van der Waals surface area contributed by atoms with Gasteiger partial charge in [0, 0.05) is 15.4 Å². The second-order valence-electron chi connectivity index (χ2n) is 3.38. The van der Waals surface area contributed by atoms with E-state index in [0.29, 0.717) is 5.69 Å². The van der Waals surface area contributed by atoms with E-state index in [2.05, 4.69) is 15.9 Å². The van der Waals surface area contributed by atoms with Crippen LogP contribution in [0.3, 0.4) is 0 Å². The van der Waals surface area contributed by atoms with Crippen LogP contribution in [0.2, 0.25) is 0 Å². The maximum absolute atomic E-state index is 11.5. The maximum atomic E-state index is 11.5. The van der Waals surface area contributed by atoms with Gasteiger partial charge in [0.05, 0.1) is 5.69 Å². The molecule has 0 aliphatic carbocycles. The van der Waals surface area contributed by atoms with Crippen molar-refractivity contribution in [3.8, 4) is 11.3 Å². The summed E-state index contributed by atoms with van der Waals surface area (Å²) in [7, 11) is 0. The predicted octanol–water partition coefficient (Wildman–Crippen LogP) is 2.42. The van der Waals surface area contributed by atoms with Crippen molar-refractivity contribution in [2.45, 2.75) is 6.54 Å². The minimum atomic E-state index is -1.03. The highest BCUT2D eigenvalue weighted by atomic mass is 79.9. The molecule has 0 atom stereocenters. The van der Waals surface area contributed by atoms with Crippen molar-refractivity contribution in [2.24, 2.45) is 0 Å². The third kappa shape index (κ3) is 2.65. The number of carboxylic acid groups (broad SMARTS) is 1. The average molecular weight is 314 g/mol. The van der Waals surface area contributed by atoms with Gasteiger partial charge in [0.25, 0.3) is 0 Å². The van der Waals surface area contributed by atoms with E-state index in [9.17, 15) is 9.59 Å². The lowest BCUT2D eigenvalue weighted by molar-refractivity contribution is -0.137. The second-order valence-corrected chi connectivity index (χ2v) is 5.11. The predicted molar refractivity (Wildman–Crippen MR) is 69.4 cm³/mol. The Labute approximate surface area is 109 Å². The Kier molecular flexibility index (Phi) is 3.44. The zero-order valence-electron chi connectivity index (χ0n) is 8.59. The van der Waals surface area contributed by atoms with Crippen LogP contribution in [-0.4, -0.2) is 15.6 Å². The van der Waals surface area contributed by atoms with E-state index < -0.39 is 5.97 Å². The molecule has 17 heavy (non-hydrogen) atoms. The monoisotopic (exact) mass is 313 g/mol. The number of nitrogens with zero attached hydrogens (tertiary/aromatic N) is 1. The second kappa shape index (κ2) is 4.85. The number of carboxylic acids is 1. The minimum Gasteiger partial charge on any atom is -0.480 e. The summed E-state index contributed by atoms with van der Waals surface area (Å²) in [5, 5.41) is 10.4. The van der Waals surface area contributed by atoms with Gasteiger partial charge in [0.1, 0.15) is 6.54 Å². The molecule has 0 amide bonds. The molecule has 1 N–H and O–H groups in total. The van der Waals surface area contributed by atoms with Crippen LogP contribution in [0.4, 0.5) is 0 Å². The normalized spacial score (nSPS) is 10.4. The fraction of sp³-hybridized carbons (Fsp3) is 0.0909. The van der Waals surface area contributed by atoms with Crippen LogP contribution in [0.15, 0.2) is 38.9 Å². The van der Waals surface area contributed by atoms with Gasteiger partial charge in [0.15, 0.2) is 0 Å². The molecule has 6 heteroatoms. The van der Waals surface area contributed by atoms with Gasteiger partial charge in [-0.1, -0.05) is 39.4 Å². The number of halogens is 1. The van der Waals surface area contributed by atoms with E-state index in [0.717, 1.165) is 21.4 Å². The highest BCUT2D eigenvalue weighted by Gasteiger charge is 2.11. The van der Waals surface area contributed by atoms with Crippen molar-refractivity contribution in [3.63, 3.8) is 0 Å². The minimum absolute atomic E-state index is 0.262. The fourth-order valence-electron chi connectivity index (χ4n) is 1.49. The molecule has 0 radical (unpaired) electrons. The quantitative estimate of drug-likeness (QED) is 0.946. The third-order valence-electron chi connectivity index (χ3n) is 2.20. The Hall–Kier alpha value is -1.40. The fourth-order valence-corrected chi connectivity index (χ4v) is 2.65. The number of benzene rings is 1. The van der Waals surface area contributed by atoms with Crippen LogP contribution in [-0.2, 0) is 11.3 Å². The lowest BCUT2D eigenvalue weighted by atomic mass is 10.2. The number of aliphatic carboxylic acids is 1. The molecule has 1 heterocycles. The van der Waals surface area contributed by atoms with Crippen LogP contribution < -0.4 is 4.87 Å². The maximum Gasteiger partial charge on any atom is 0.323 e. The topological polar surface area (TPSA) is 59.3 Å². The van der Waals surface area contributed by atoms with Crippen molar-refractivity contribution >= 4 is 33.2 Å². The molecule has 0 bridgehead atoms. The molecular formula is C11H8BrNO3S. The molecule has 4 nitrogen and oxygen atoms in total. The summed E-state index contributed by atoms with van der Waals surface area (Å²) in [6.07, 6.45) is 0. The standard InChI is InChI=1S/C11H8BrNO3S/c12-8-3-1-2-7(4-8)9-6-17-11(16)13(9)5-10(14)15/h1-4,6H,5H2,(H,14,15). The van der Waals surface area contributed by atoms with Gasteiger partial charge in [-0.25, -0.2) is 0 Å².